The molecule has 0 aliphatic carbocycles. The van der Waals surface area contributed by atoms with E-state index in [1.165, 1.54) is 12.8 Å². The van der Waals surface area contributed by atoms with Gasteiger partial charge in [-0.1, -0.05) is 13.8 Å². The van der Waals surface area contributed by atoms with Crippen molar-refractivity contribution in [1.82, 2.24) is 20.1 Å². The van der Waals surface area contributed by atoms with Crippen molar-refractivity contribution < 1.29 is 0 Å². The zero-order valence-corrected chi connectivity index (χ0v) is 8.90. The SMILES string of the molecule is CC(C)c1ncn(C2CCNCC2)n1. The van der Waals surface area contributed by atoms with Crippen LogP contribution in [0, 0.1) is 0 Å². The molecule has 0 bridgehead atoms. The fourth-order valence-electron chi connectivity index (χ4n) is 1.80. The molecule has 0 spiro atoms. The molecule has 78 valence electrons. The van der Waals surface area contributed by atoms with E-state index in [1.807, 2.05) is 11.0 Å². The third-order valence-electron chi connectivity index (χ3n) is 2.73. The molecule has 0 atom stereocenters. The van der Waals surface area contributed by atoms with Gasteiger partial charge in [0.2, 0.25) is 0 Å². The number of nitrogens with one attached hydrogen (secondary N) is 1. The maximum Gasteiger partial charge on any atom is 0.153 e. The Balaban J connectivity index is 2.07. The summed E-state index contributed by atoms with van der Waals surface area (Å²) in [5.41, 5.74) is 0. The summed E-state index contributed by atoms with van der Waals surface area (Å²) >= 11 is 0. The molecule has 4 heteroatoms. The van der Waals surface area contributed by atoms with E-state index in [-0.39, 0.29) is 0 Å². The van der Waals surface area contributed by atoms with Crippen LogP contribution in [0.5, 0.6) is 0 Å². The van der Waals surface area contributed by atoms with E-state index >= 15 is 0 Å². The second-order valence-electron chi connectivity index (χ2n) is 4.22. The summed E-state index contributed by atoms with van der Waals surface area (Å²) in [6.07, 6.45) is 4.22. The van der Waals surface area contributed by atoms with Crippen molar-refractivity contribution in [3.8, 4) is 0 Å². The highest BCUT2D eigenvalue weighted by Gasteiger charge is 2.16. The van der Waals surface area contributed by atoms with E-state index in [2.05, 4.69) is 29.2 Å². The van der Waals surface area contributed by atoms with E-state index in [0.29, 0.717) is 12.0 Å². The number of rotatable bonds is 2. The first kappa shape index (κ1) is 9.65. The van der Waals surface area contributed by atoms with Crippen LogP contribution in [0.3, 0.4) is 0 Å². The van der Waals surface area contributed by atoms with Gasteiger partial charge in [0.1, 0.15) is 6.33 Å². The monoisotopic (exact) mass is 194 g/mol. The largest absolute Gasteiger partial charge is 0.317 e. The van der Waals surface area contributed by atoms with Gasteiger partial charge in [-0.05, 0) is 25.9 Å². The van der Waals surface area contributed by atoms with Gasteiger partial charge in [0, 0.05) is 5.92 Å². The number of aromatic nitrogens is 3. The smallest absolute Gasteiger partial charge is 0.153 e. The molecule has 1 fully saturated rings. The summed E-state index contributed by atoms with van der Waals surface area (Å²) < 4.78 is 2.04. The predicted octanol–water partition coefficient (Wildman–Crippen LogP) is 1.33. The van der Waals surface area contributed by atoms with Crippen molar-refractivity contribution in [3.63, 3.8) is 0 Å². The summed E-state index contributed by atoms with van der Waals surface area (Å²) in [4.78, 5) is 4.32. The molecule has 1 aliphatic heterocycles. The highest BCUT2D eigenvalue weighted by molar-refractivity contribution is 4.90. The van der Waals surface area contributed by atoms with Gasteiger partial charge in [-0.25, -0.2) is 9.67 Å². The second kappa shape index (κ2) is 4.09. The Morgan fingerprint density at radius 3 is 2.71 bits per heavy atom. The van der Waals surface area contributed by atoms with Crippen LogP contribution in [0.25, 0.3) is 0 Å². The summed E-state index contributed by atoms with van der Waals surface area (Å²) in [6.45, 7) is 6.45. The Labute approximate surface area is 84.7 Å². The maximum absolute atomic E-state index is 4.51. The van der Waals surface area contributed by atoms with E-state index in [1.54, 1.807) is 0 Å². The average molecular weight is 194 g/mol. The molecule has 2 rings (SSSR count). The molecular formula is C10H18N4. The van der Waals surface area contributed by atoms with Gasteiger partial charge in [-0.15, -0.1) is 0 Å². The fourth-order valence-corrected chi connectivity index (χ4v) is 1.80. The minimum atomic E-state index is 0.429. The van der Waals surface area contributed by atoms with Gasteiger partial charge in [0.15, 0.2) is 5.82 Å². The molecule has 1 N–H and O–H groups in total. The lowest BCUT2D eigenvalue weighted by Crippen LogP contribution is -2.29. The molecule has 0 aromatic carbocycles. The molecule has 2 heterocycles. The Hall–Kier alpha value is -0.900. The normalized spacial score (nSPS) is 19.1. The minimum absolute atomic E-state index is 0.429. The quantitative estimate of drug-likeness (QED) is 0.772. The lowest BCUT2D eigenvalue weighted by atomic mass is 10.1. The molecule has 0 unspecified atom stereocenters. The molecule has 0 amide bonds. The van der Waals surface area contributed by atoms with Crippen LogP contribution in [0.15, 0.2) is 6.33 Å². The lowest BCUT2D eigenvalue weighted by molar-refractivity contribution is 0.340. The number of hydrogen-bond acceptors (Lipinski definition) is 3. The first-order valence-corrected chi connectivity index (χ1v) is 5.39. The van der Waals surface area contributed by atoms with Crippen molar-refractivity contribution in [3.05, 3.63) is 12.2 Å². The average Bonchev–Trinajstić information content (AvgIpc) is 2.68. The summed E-state index contributed by atoms with van der Waals surface area (Å²) in [7, 11) is 0. The third-order valence-corrected chi connectivity index (χ3v) is 2.73. The van der Waals surface area contributed by atoms with Crippen LogP contribution in [0.4, 0.5) is 0 Å². The molecule has 1 aromatic rings. The molecule has 1 aromatic heterocycles. The summed E-state index contributed by atoms with van der Waals surface area (Å²) in [5.74, 6) is 1.39. The van der Waals surface area contributed by atoms with Crippen LogP contribution in [-0.2, 0) is 0 Å². The maximum atomic E-state index is 4.51. The first-order chi connectivity index (χ1) is 6.77. The highest BCUT2D eigenvalue weighted by Crippen LogP contribution is 2.18. The summed E-state index contributed by atoms with van der Waals surface area (Å²) in [5, 5.41) is 7.86. The fraction of sp³-hybridized carbons (Fsp3) is 0.800. The molecule has 0 saturated carbocycles. The Morgan fingerprint density at radius 1 is 1.43 bits per heavy atom. The molecular weight excluding hydrogens is 176 g/mol. The van der Waals surface area contributed by atoms with Crippen LogP contribution in [-0.4, -0.2) is 27.9 Å². The van der Waals surface area contributed by atoms with Gasteiger partial charge in [-0.3, -0.25) is 0 Å². The van der Waals surface area contributed by atoms with Gasteiger partial charge in [0.25, 0.3) is 0 Å². The van der Waals surface area contributed by atoms with Crippen molar-refractivity contribution in [2.45, 2.75) is 38.6 Å². The van der Waals surface area contributed by atoms with E-state index in [9.17, 15) is 0 Å². The Bertz CT molecular complexity index is 286. The van der Waals surface area contributed by atoms with Crippen LogP contribution >= 0.6 is 0 Å². The number of hydrogen-bond donors (Lipinski definition) is 1. The molecule has 1 saturated heterocycles. The van der Waals surface area contributed by atoms with Crippen LogP contribution in [0.1, 0.15) is 44.5 Å². The molecule has 1 aliphatic rings. The zero-order chi connectivity index (χ0) is 9.97. The van der Waals surface area contributed by atoms with E-state index in [4.69, 9.17) is 0 Å². The van der Waals surface area contributed by atoms with Crippen LogP contribution < -0.4 is 5.32 Å². The molecule has 14 heavy (non-hydrogen) atoms. The Kier molecular flexibility index (Phi) is 2.82. The highest BCUT2D eigenvalue weighted by atomic mass is 15.3. The standard InChI is InChI=1S/C10H18N4/c1-8(2)10-12-7-14(13-10)9-3-5-11-6-4-9/h7-9,11H,3-6H2,1-2H3. The first-order valence-electron chi connectivity index (χ1n) is 5.39. The van der Waals surface area contributed by atoms with Crippen molar-refractivity contribution in [2.24, 2.45) is 0 Å². The topological polar surface area (TPSA) is 42.7 Å². The van der Waals surface area contributed by atoms with E-state index in [0.717, 1.165) is 18.9 Å². The second-order valence-corrected chi connectivity index (χ2v) is 4.22. The van der Waals surface area contributed by atoms with E-state index < -0.39 is 0 Å². The van der Waals surface area contributed by atoms with Crippen molar-refractivity contribution >= 4 is 0 Å². The third kappa shape index (κ3) is 1.95. The molecule has 0 radical (unpaired) electrons. The zero-order valence-electron chi connectivity index (χ0n) is 8.90. The van der Waals surface area contributed by atoms with Gasteiger partial charge < -0.3 is 5.32 Å². The number of piperidine rings is 1. The lowest BCUT2D eigenvalue weighted by Gasteiger charge is -2.22. The van der Waals surface area contributed by atoms with Gasteiger partial charge >= 0.3 is 0 Å². The van der Waals surface area contributed by atoms with Gasteiger partial charge in [0.05, 0.1) is 6.04 Å². The van der Waals surface area contributed by atoms with Crippen LogP contribution in [0.2, 0.25) is 0 Å². The molecule has 4 nitrogen and oxygen atoms in total. The van der Waals surface area contributed by atoms with Gasteiger partial charge in [-0.2, -0.15) is 5.10 Å². The van der Waals surface area contributed by atoms with Crippen molar-refractivity contribution in [1.29, 1.82) is 0 Å². The Morgan fingerprint density at radius 2 is 2.14 bits per heavy atom. The minimum Gasteiger partial charge on any atom is -0.317 e. The predicted molar refractivity (Wildman–Crippen MR) is 55.3 cm³/mol. The number of nitrogens with zero attached hydrogens (tertiary/aromatic N) is 3. The van der Waals surface area contributed by atoms with Crippen molar-refractivity contribution in [2.75, 3.05) is 13.1 Å². The summed E-state index contributed by atoms with van der Waals surface area (Å²) in [6, 6.07) is 0.552.